The lowest BCUT2D eigenvalue weighted by atomic mass is 9.93. The molecular formula is C19H22ClFN2OS. The summed E-state index contributed by atoms with van der Waals surface area (Å²) in [5.41, 5.74) is 8.04. The molecule has 134 valence electrons. The van der Waals surface area contributed by atoms with E-state index in [1.807, 2.05) is 37.3 Å². The van der Waals surface area contributed by atoms with Crippen LogP contribution >= 0.6 is 24.2 Å². The van der Waals surface area contributed by atoms with Crippen LogP contribution in [0, 0.1) is 11.7 Å². The first-order valence-corrected chi connectivity index (χ1v) is 9.08. The molecule has 1 amide bonds. The van der Waals surface area contributed by atoms with E-state index in [0.717, 1.165) is 28.2 Å². The van der Waals surface area contributed by atoms with E-state index in [1.54, 1.807) is 17.8 Å². The topological polar surface area (TPSA) is 55.1 Å². The van der Waals surface area contributed by atoms with Gasteiger partial charge in [-0.25, -0.2) is 4.39 Å². The van der Waals surface area contributed by atoms with Gasteiger partial charge < -0.3 is 11.1 Å². The van der Waals surface area contributed by atoms with Crippen LogP contribution in [0.15, 0.2) is 53.4 Å². The Bertz CT molecular complexity index is 729. The Morgan fingerprint density at radius 2 is 2.00 bits per heavy atom. The van der Waals surface area contributed by atoms with Crippen molar-refractivity contribution in [3.05, 3.63) is 65.5 Å². The molecule has 3 N–H and O–H groups in total. The smallest absolute Gasteiger partial charge is 0.225 e. The first-order chi connectivity index (χ1) is 11.6. The molecule has 25 heavy (non-hydrogen) atoms. The third kappa shape index (κ3) is 4.54. The molecule has 3 unspecified atom stereocenters. The van der Waals surface area contributed by atoms with Crippen LogP contribution in [0.2, 0.25) is 0 Å². The number of hydrogen-bond acceptors (Lipinski definition) is 3. The number of fused-ring (bicyclic) bond motifs is 1. The van der Waals surface area contributed by atoms with Crippen LogP contribution < -0.4 is 11.1 Å². The van der Waals surface area contributed by atoms with E-state index in [4.69, 9.17) is 5.73 Å². The van der Waals surface area contributed by atoms with Gasteiger partial charge in [0, 0.05) is 16.7 Å². The van der Waals surface area contributed by atoms with Gasteiger partial charge in [-0.05, 0) is 35.7 Å². The zero-order chi connectivity index (χ0) is 17.1. The number of carbonyl (C=O) groups excluding carboxylic acids is 1. The van der Waals surface area contributed by atoms with Crippen LogP contribution in [0.1, 0.15) is 36.6 Å². The van der Waals surface area contributed by atoms with Crippen molar-refractivity contribution in [1.82, 2.24) is 5.32 Å². The maximum atomic E-state index is 13.6. The number of carbonyl (C=O) groups is 1. The lowest BCUT2D eigenvalue weighted by Gasteiger charge is -2.28. The zero-order valence-electron chi connectivity index (χ0n) is 13.9. The molecule has 0 aliphatic carbocycles. The summed E-state index contributed by atoms with van der Waals surface area (Å²) < 4.78 is 13.6. The van der Waals surface area contributed by atoms with E-state index in [-0.39, 0.29) is 42.1 Å². The van der Waals surface area contributed by atoms with Crippen molar-refractivity contribution < 1.29 is 9.18 Å². The molecule has 1 aliphatic rings. The van der Waals surface area contributed by atoms with E-state index in [2.05, 4.69) is 5.32 Å². The average Bonchev–Trinajstić information content (AvgIpc) is 2.61. The lowest BCUT2D eigenvalue weighted by Crippen LogP contribution is -2.38. The van der Waals surface area contributed by atoms with Crippen molar-refractivity contribution in [2.45, 2.75) is 30.3 Å². The van der Waals surface area contributed by atoms with Gasteiger partial charge in [0.15, 0.2) is 0 Å². The van der Waals surface area contributed by atoms with Gasteiger partial charge in [0.25, 0.3) is 0 Å². The molecule has 0 saturated carbocycles. The summed E-state index contributed by atoms with van der Waals surface area (Å²) in [7, 11) is 0. The predicted octanol–water partition coefficient (Wildman–Crippen LogP) is 4.24. The second-order valence-electron chi connectivity index (χ2n) is 6.11. The second kappa shape index (κ2) is 8.70. The summed E-state index contributed by atoms with van der Waals surface area (Å²) in [5, 5.41) is 3.05. The van der Waals surface area contributed by atoms with Gasteiger partial charge in [-0.1, -0.05) is 37.3 Å². The molecule has 3 nitrogen and oxygen atoms in total. The fourth-order valence-electron chi connectivity index (χ4n) is 2.95. The fraction of sp³-hybridized carbons (Fsp3) is 0.316. The van der Waals surface area contributed by atoms with Gasteiger partial charge >= 0.3 is 0 Å². The summed E-state index contributed by atoms with van der Waals surface area (Å²) >= 11 is 1.70. The highest BCUT2D eigenvalue weighted by Gasteiger charge is 2.27. The molecule has 2 aromatic carbocycles. The van der Waals surface area contributed by atoms with Crippen LogP contribution in [0.4, 0.5) is 4.39 Å². The summed E-state index contributed by atoms with van der Waals surface area (Å²) in [5.74, 6) is 0.171. The van der Waals surface area contributed by atoms with Gasteiger partial charge in [-0.3, -0.25) is 4.79 Å². The molecule has 2 aromatic rings. The quantitative estimate of drug-likeness (QED) is 0.834. The normalized spacial score (nSPS) is 18.4. The molecular weight excluding hydrogens is 359 g/mol. The number of hydrogen-bond donors (Lipinski definition) is 2. The third-order valence-corrected chi connectivity index (χ3v) is 5.59. The van der Waals surface area contributed by atoms with Crippen LogP contribution in [-0.4, -0.2) is 11.7 Å². The number of rotatable bonds is 4. The Labute approximate surface area is 158 Å². The molecule has 3 atom stereocenters. The molecule has 0 spiro atoms. The van der Waals surface area contributed by atoms with Crippen molar-refractivity contribution in [1.29, 1.82) is 0 Å². The predicted molar refractivity (Wildman–Crippen MR) is 102 cm³/mol. The lowest BCUT2D eigenvalue weighted by molar-refractivity contribution is -0.126. The maximum absolute atomic E-state index is 13.6. The minimum Gasteiger partial charge on any atom is -0.349 e. The number of benzene rings is 2. The highest BCUT2D eigenvalue weighted by Crippen LogP contribution is 2.36. The number of amides is 1. The molecule has 0 radical (unpaired) electrons. The van der Waals surface area contributed by atoms with Gasteiger partial charge in [-0.2, -0.15) is 0 Å². The van der Waals surface area contributed by atoms with Crippen LogP contribution in [0.5, 0.6) is 0 Å². The Morgan fingerprint density at radius 1 is 1.28 bits per heavy atom. The fourth-order valence-corrected chi connectivity index (χ4v) is 4.05. The SMILES string of the molecule is CC(C(=O)NC1CCSc2ccc(F)cc21)C(N)c1ccccc1.Cl. The van der Waals surface area contributed by atoms with Crippen molar-refractivity contribution in [2.24, 2.45) is 11.7 Å². The standard InChI is InChI=1S/C19H21FN2OS.ClH/c1-12(18(21)13-5-3-2-4-6-13)19(23)22-16-9-10-24-17-8-7-14(20)11-15(16)17;/h2-8,11-12,16,18H,9-10,21H2,1H3,(H,22,23);1H. The first-order valence-electron chi connectivity index (χ1n) is 8.09. The van der Waals surface area contributed by atoms with Crippen molar-refractivity contribution >= 4 is 30.1 Å². The molecule has 6 heteroatoms. The molecule has 0 bridgehead atoms. The van der Waals surface area contributed by atoms with Gasteiger partial charge in [0.1, 0.15) is 5.82 Å². The maximum Gasteiger partial charge on any atom is 0.225 e. The Morgan fingerprint density at radius 3 is 2.72 bits per heavy atom. The number of thioether (sulfide) groups is 1. The molecule has 1 aliphatic heterocycles. The van der Waals surface area contributed by atoms with Crippen LogP contribution in [0.3, 0.4) is 0 Å². The average molecular weight is 381 g/mol. The van der Waals surface area contributed by atoms with E-state index in [9.17, 15) is 9.18 Å². The van der Waals surface area contributed by atoms with Crippen LogP contribution in [0.25, 0.3) is 0 Å². The van der Waals surface area contributed by atoms with Crippen molar-refractivity contribution in [3.63, 3.8) is 0 Å². The summed E-state index contributed by atoms with van der Waals surface area (Å²) in [4.78, 5) is 13.7. The van der Waals surface area contributed by atoms with Crippen molar-refractivity contribution in [3.8, 4) is 0 Å². The largest absolute Gasteiger partial charge is 0.349 e. The minimum absolute atomic E-state index is 0. The van der Waals surface area contributed by atoms with E-state index >= 15 is 0 Å². The highest BCUT2D eigenvalue weighted by molar-refractivity contribution is 7.99. The Kier molecular flexibility index (Phi) is 6.87. The van der Waals surface area contributed by atoms with Gasteiger partial charge in [0.2, 0.25) is 5.91 Å². The molecule has 0 saturated heterocycles. The first kappa shape index (κ1) is 19.8. The number of nitrogens with two attached hydrogens (primary N) is 1. The Hall–Kier alpha value is -1.56. The summed E-state index contributed by atoms with van der Waals surface area (Å²) in [6, 6.07) is 13.9. The highest BCUT2D eigenvalue weighted by atomic mass is 35.5. The Balaban J connectivity index is 0.00000225. The van der Waals surface area contributed by atoms with Crippen molar-refractivity contribution in [2.75, 3.05) is 5.75 Å². The molecule has 1 heterocycles. The van der Waals surface area contributed by atoms with E-state index < -0.39 is 0 Å². The van der Waals surface area contributed by atoms with Crippen LogP contribution in [-0.2, 0) is 4.79 Å². The monoisotopic (exact) mass is 380 g/mol. The second-order valence-corrected chi connectivity index (χ2v) is 7.24. The molecule has 3 rings (SSSR count). The minimum atomic E-state index is -0.365. The summed E-state index contributed by atoms with van der Waals surface area (Å²) in [6.45, 7) is 1.83. The van der Waals surface area contributed by atoms with E-state index in [0.29, 0.717) is 0 Å². The number of nitrogens with one attached hydrogen (secondary N) is 1. The van der Waals surface area contributed by atoms with Gasteiger partial charge in [0.05, 0.1) is 12.0 Å². The molecule has 0 aromatic heterocycles. The number of halogens is 2. The van der Waals surface area contributed by atoms with Gasteiger partial charge in [-0.15, -0.1) is 24.2 Å². The van der Waals surface area contributed by atoms with E-state index in [1.165, 1.54) is 12.1 Å². The zero-order valence-corrected chi connectivity index (χ0v) is 15.6. The molecule has 0 fully saturated rings. The summed E-state index contributed by atoms with van der Waals surface area (Å²) in [6.07, 6.45) is 0.792. The third-order valence-electron chi connectivity index (χ3n) is 4.46.